The van der Waals surface area contributed by atoms with Crippen LogP contribution in [0.25, 0.3) is 0 Å². The fraction of sp³-hybridized carbons (Fsp3) is 0.500. The maximum atomic E-state index is 12.0. The van der Waals surface area contributed by atoms with Gasteiger partial charge in [-0.15, -0.1) is 0 Å². The smallest absolute Gasteiger partial charge is 0.224 e. The van der Waals surface area contributed by atoms with E-state index in [2.05, 4.69) is 5.32 Å². The van der Waals surface area contributed by atoms with E-state index in [-0.39, 0.29) is 24.5 Å². The van der Waals surface area contributed by atoms with E-state index in [1.165, 1.54) is 0 Å². The van der Waals surface area contributed by atoms with E-state index in [1.807, 2.05) is 42.1 Å². The lowest BCUT2D eigenvalue weighted by Gasteiger charge is -2.18. The molecule has 1 aromatic carbocycles. The SMILES string of the molecule is O=C(NC(CO)Cc1ccccc1)C1CCSC1. The minimum Gasteiger partial charge on any atom is -0.394 e. The number of rotatable bonds is 5. The molecule has 1 fully saturated rings. The molecule has 2 unspecified atom stereocenters. The molecule has 0 aromatic heterocycles. The molecule has 98 valence electrons. The van der Waals surface area contributed by atoms with E-state index in [0.717, 1.165) is 23.5 Å². The Morgan fingerprint density at radius 1 is 1.44 bits per heavy atom. The van der Waals surface area contributed by atoms with Crippen molar-refractivity contribution in [2.45, 2.75) is 18.9 Å². The molecule has 4 heteroatoms. The normalized spacial score (nSPS) is 20.6. The van der Waals surface area contributed by atoms with Crippen molar-refractivity contribution in [2.75, 3.05) is 18.1 Å². The second-order valence-electron chi connectivity index (χ2n) is 4.64. The Bertz CT molecular complexity index is 377. The Balaban J connectivity index is 1.87. The van der Waals surface area contributed by atoms with Crippen LogP contribution in [0.4, 0.5) is 0 Å². The number of carbonyl (C=O) groups excluding carboxylic acids is 1. The van der Waals surface area contributed by atoms with E-state index in [4.69, 9.17) is 0 Å². The second-order valence-corrected chi connectivity index (χ2v) is 5.79. The molecule has 3 nitrogen and oxygen atoms in total. The summed E-state index contributed by atoms with van der Waals surface area (Å²) in [4.78, 5) is 12.0. The third-order valence-electron chi connectivity index (χ3n) is 3.19. The van der Waals surface area contributed by atoms with Gasteiger partial charge in [-0.2, -0.15) is 11.8 Å². The topological polar surface area (TPSA) is 49.3 Å². The zero-order chi connectivity index (χ0) is 12.8. The van der Waals surface area contributed by atoms with Crippen molar-refractivity contribution in [1.29, 1.82) is 0 Å². The molecule has 0 bridgehead atoms. The molecule has 2 rings (SSSR count). The molecule has 2 N–H and O–H groups in total. The second kappa shape index (κ2) is 6.81. The Labute approximate surface area is 112 Å². The van der Waals surface area contributed by atoms with Crippen LogP contribution >= 0.6 is 11.8 Å². The fourth-order valence-electron chi connectivity index (χ4n) is 2.12. The van der Waals surface area contributed by atoms with Gasteiger partial charge in [-0.3, -0.25) is 4.79 Å². The molecular weight excluding hydrogens is 246 g/mol. The summed E-state index contributed by atoms with van der Waals surface area (Å²) >= 11 is 1.83. The molecule has 2 atom stereocenters. The zero-order valence-electron chi connectivity index (χ0n) is 10.3. The molecular formula is C14H19NO2S. The van der Waals surface area contributed by atoms with Crippen molar-refractivity contribution in [3.8, 4) is 0 Å². The van der Waals surface area contributed by atoms with Crippen LogP contribution < -0.4 is 5.32 Å². The van der Waals surface area contributed by atoms with Crippen LogP contribution in [0.2, 0.25) is 0 Å². The number of aliphatic hydroxyl groups excluding tert-OH is 1. The van der Waals surface area contributed by atoms with Crippen LogP contribution in [-0.2, 0) is 11.2 Å². The number of carbonyl (C=O) groups is 1. The first-order valence-electron chi connectivity index (χ1n) is 6.32. The number of amides is 1. The van der Waals surface area contributed by atoms with Crippen molar-refractivity contribution in [3.05, 3.63) is 35.9 Å². The minimum absolute atomic E-state index is 0.0134. The Morgan fingerprint density at radius 3 is 2.83 bits per heavy atom. The van der Waals surface area contributed by atoms with Gasteiger partial charge in [-0.05, 0) is 24.2 Å². The molecule has 1 heterocycles. The van der Waals surface area contributed by atoms with Crippen LogP contribution in [-0.4, -0.2) is 35.2 Å². The molecule has 1 amide bonds. The quantitative estimate of drug-likeness (QED) is 0.847. The molecule has 18 heavy (non-hydrogen) atoms. The first-order chi connectivity index (χ1) is 8.79. The summed E-state index contributed by atoms with van der Waals surface area (Å²) in [5, 5.41) is 12.3. The van der Waals surface area contributed by atoms with Gasteiger partial charge < -0.3 is 10.4 Å². The van der Waals surface area contributed by atoms with Crippen molar-refractivity contribution in [3.63, 3.8) is 0 Å². The number of aliphatic hydroxyl groups is 1. The lowest BCUT2D eigenvalue weighted by molar-refractivity contribution is -0.125. The molecule has 1 aliphatic rings. The number of benzene rings is 1. The highest BCUT2D eigenvalue weighted by Gasteiger charge is 2.24. The first-order valence-corrected chi connectivity index (χ1v) is 7.48. The Hall–Kier alpha value is -1.00. The van der Waals surface area contributed by atoms with Gasteiger partial charge in [0.05, 0.1) is 12.6 Å². The molecule has 1 saturated heterocycles. The molecule has 1 aromatic rings. The summed E-state index contributed by atoms with van der Waals surface area (Å²) < 4.78 is 0. The van der Waals surface area contributed by atoms with Gasteiger partial charge in [0.1, 0.15) is 0 Å². The molecule has 0 radical (unpaired) electrons. The highest BCUT2D eigenvalue weighted by atomic mass is 32.2. The summed E-state index contributed by atoms with van der Waals surface area (Å²) in [6.45, 7) is -0.0134. The average molecular weight is 265 g/mol. The summed E-state index contributed by atoms with van der Waals surface area (Å²) in [6, 6.07) is 9.76. The standard InChI is InChI=1S/C14H19NO2S/c16-9-13(8-11-4-2-1-3-5-11)15-14(17)12-6-7-18-10-12/h1-5,12-13,16H,6-10H2,(H,15,17). The highest BCUT2D eigenvalue weighted by molar-refractivity contribution is 7.99. The maximum Gasteiger partial charge on any atom is 0.224 e. The first kappa shape index (κ1) is 13.4. The predicted molar refractivity (Wildman–Crippen MR) is 74.6 cm³/mol. The van der Waals surface area contributed by atoms with E-state index < -0.39 is 0 Å². The van der Waals surface area contributed by atoms with Crippen LogP contribution in [0.1, 0.15) is 12.0 Å². The zero-order valence-corrected chi connectivity index (χ0v) is 11.2. The third-order valence-corrected chi connectivity index (χ3v) is 4.35. The maximum absolute atomic E-state index is 12.0. The van der Waals surface area contributed by atoms with Crippen molar-refractivity contribution < 1.29 is 9.90 Å². The van der Waals surface area contributed by atoms with Crippen LogP contribution in [0.15, 0.2) is 30.3 Å². The predicted octanol–water partition coefficient (Wildman–Crippen LogP) is 1.46. The average Bonchev–Trinajstić information content (AvgIpc) is 2.93. The highest BCUT2D eigenvalue weighted by Crippen LogP contribution is 2.23. The van der Waals surface area contributed by atoms with Crippen molar-refractivity contribution in [2.24, 2.45) is 5.92 Å². The fourth-order valence-corrected chi connectivity index (χ4v) is 3.34. The summed E-state index contributed by atoms with van der Waals surface area (Å²) in [5.41, 5.74) is 1.14. The van der Waals surface area contributed by atoms with Crippen molar-refractivity contribution >= 4 is 17.7 Å². The van der Waals surface area contributed by atoms with Gasteiger partial charge in [0.15, 0.2) is 0 Å². The van der Waals surface area contributed by atoms with Gasteiger partial charge >= 0.3 is 0 Å². The van der Waals surface area contributed by atoms with Gasteiger partial charge in [0, 0.05) is 11.7 Å². The van der Waals surface area contributed by atoms with Crippen LogP contribution in [0.5, 0.6) is 0 Å². The van der Waals surface area contributed by atoms with Gasteiger partial charge in [0.2, 0.25) is 5.91 Å². The third kappa shape index (κ3) is 3.75. The molecule has 0 spiro atoms. The summed E-state index contributed by atoms with van der Waals surface area (Å²) in [7, 11) is 0. The lowest BCUT2D eigenvalue weighted by atomic mass is 10.0. The molecule has 1 aliphatic heterocycles. The van der Waals surface area contributed by atoms with Crippen molar-refractivity contribution in [1.82, 2.24) is 5.32 Å². The Kier molecular flexibility index (Phi) is 5.08. The van der Waals surface area contributed by atoms with E-state index in [1.54, 1.807) is 0 Å². The minimum atomic E-state index is -0.175. The van der Waals surface area contributed by atoms with E-state index in [9.17, 15) is 9.90 Å². The molecule has 0 aliphatic carbocycles. The Morgan fingerprint density at radius 2 is 2.22 bits per heavy atom. The van der Waals surface area contributed by atoms with E-state index in [0.29, 0.717) is 6.42 Å². The monoisotopic (exact) mass is 265 g/mol. The molecule has 0 saturated carbocycles. The number of hydrogen-bond acceptors (Lipinski definition) is 3. The number of thioether (sulfide) groups is 1. The van der Waals surface area contributed by atoms with Gasteiger partial charge in [-0.1, -0.05) is 30.3 Å². The van der Waals surface area contributed by atoms with Crippen LogP contribution in [0.3, 0.4) is 0 Å². The summed E-state index contributed by atoms with van der Waals surface area (Å²) in [6.07, 6.45) is 1.64. The number of nitrogens with one attached hydrogen (secondary N) is 1. The largest absolute Gasteiger partial charge is 0.394 e. The van der Waals surface area contributed by atoms with Crippen LogP contribution in [0, 0.1) is 5.92 Å². The summed E-state index contributed by atoms with van der Waals surface area (Å²) in [5.74, 6) is 2.20. The van der Waals surface area contributed by atoms with Gasteiger partial charge in [-0.25, -0.2) is 0 Å². The lowest BCUT2D eigenvalue weighted by Crippen LogP contribution is -2.42. The van der Waals surface area contributed by atoms with Gasteiger partial charge in [0.25, 0.3) is 0 Å². The van der Waals surface area contributed by atoms with E-state index >= 15 is 0 Å². The number of hydrogen-bond donors (Lipinski definition) is 2.